The van der Waals surface area contributed by atoms with Gasteiger partial charge in [-0.05, 0) is 32.4 Å². The van der Waals surface area contributed by atoms with E-state index in [9.17, 15) is 18.5 Å². The monoisotopic (exact) mass is 327 g/mol. The lowest BCUT2D eigenvalue weighted by molar-refractivity contribution is -0.386. The number of rotatable bonds is 5. The zero-order valence-electron chi connectivity index (χ0n) is 12.9. The Bertz CT molecular complexity index is 673. The van der Waals surface area contributed by atoms with Crippen molar-refractivity contribution in [1.29, 1.82) is 0 Å². The minimum atomic E-state index is -3.65. The van der Waals surface area contributed by atoms with E-state index >= 15 is 0 Å². The van der Waals surface area contributed by atoms with Gasteiger partial charge in [0.1, 0.15) is 10.6 Å². The van der Waals surface area contributed by atoms with Gasteiger partial charge in [0.2, 0.25) is 0 Å². The lowest BCUT2D eigenvalue weighted by Crippen LogP contribution is -2.31. The van der Waals surface area contributed by atoms with Crippen molar-refractivity contribution >= 4 is 21.2 Å². The smallest absolute Gasteiger partial charge is 0.310 e. The van der Waals surface area contributed by atoms with Gasteiger partial charge in [0, 0.05) is 31.4 Å². The molecule has 2 rings (SSSR count). The molecule has 0 radical (unpaired) electrons. The summed E-state index contributed by atoms with van der Waals surface area (Å²) in [6.07, 6.45) is 1.85. The van der Waals surface area contributed by atoms with Crippen molar-refractivity contribution in [3.63, 3.8) is 0 Å². The van der Waals surface area contributed by atoms with E-state index in [-0.39, 0.29) is 22.3 Å². The third kappa shape index (κ3) is 3.56. The lowest BCUT2D eigenvalue weighted by atomic mass is 10.2. The minimum Gasteiger partial charge on any atom is -0.375 e. The van der Waals surface area contributed by atoms with Crippen molar-refractivity contribution in [2.75, 3.05) is 24.7 Å². The summed E-state index contributed by atoms with van der Waals surface area (Å²) >= 11 is 0. The van der Waals surface area contributed by atoms with Crippen molar-refractivity contribution in [3.8, 4) is 0 Å². The summed E-state index contributed by atoms with van der Waals surface area (Å²) in [5, 5.41) is 14.5. The highest BCUT2D eigenvalue weighted by Crippen LogP contribution is 2.33. The first-order chi connectivity index (χ1) is 10.2. The van der Waals surface area contributed by atoms with Gasteiger partial charge in [-0.1, -0.05) is 6.07 Å². The van der Waals surface area contributed by atoms with E-state index in [1.54, 1.807) is 6.07 Å². The number of anilines is 1. The molecule has 1 heterocycles. The molecule has 0 spiro atoms. The molecule has 8 heteroatoms. The standard InChI is InChI=1S/C14H21N3O4S/c1-10(2)16-8-7-11(9-16)15-12-5-4-6-13(22(3,20)21)14(12)17(18)19/h4-6,10-11,15H,7-9H2,1-3H3. The molecule has 1 fully saturated rings. The van der Waals surface area contributed by atoms with E-state index < -0.39 is 14.8 Å². The third-order valence-corrected chi connectivity index (χ3v) is 5.02. The summed E-state index contributed by atoms with van der Waals surface area (Å²) in [5.41, 5.74) is -0.100. The average molecular weight is 327 g/mol. The quantitative estimate of drug-likeness (QED) is 0.656. The van der Waals surface area contributed by atoms with Crippen molar-refractivity contribution in [2.24, 2.45) is 0 Å². The highest BCUT2D eigenvalue weighted by molar-refractivity contribution is 7.90. The number of hydrogen-bond donors (Lipinski definition) is 1. The third-order valence-electron chi connectivity index (χ3n) is 3.89. The molecule has 7 nitrogen and oxygen atoms in total. The number of nitrogens with zero attached hydrogens (tertiary/aromatic N) is 2. The van der Waals surface area contributed by atoms with Gasteiger partial charge in [0.05, 0.1) is 4.92 Å². The highest BCUT2D eigenvalue weighted by atomic mass is 32.2. The Morgan fingerprint density at radius 1 is 1.41 bits per heavy atom. The van der Waals surface area contributed by atoms with Gasteiger partial charge in [-0.2, -0.15) is 0 Å². The molecule has 1 N–H and O–H groups in total. The summed E-state index contributed by atoms with van der Waals surface area (Å²) in [6.45, 7) is 5.93. The first-order valence-corrected chi connectivity index (χ1v) is 9.07. The van der Waals surface area contributed by atoms with E-state index in [4.69, 9.17) is 0 Å². The predicted octanol–water partition coefficient (Wildman–Crippen LogP) is 1.89. The maximum Gasteiger partial charge on any atom is 0.310 e. The summed E-state index contributed by atoms with van der Waals surface area (Å²) < 4.78 is 23.5. The number of benzene rings is 1. The molecule has 0 amide bonds. The molecule has 1 aromatic rings. The van der Waals surface area contributed by atoms with Crippen molar-refractivity contribution in [2.45, 2.75) is 37.2 Å². The van der Waals surface area contributed by atoms with Crippen LogP contribution in [0.15, 0.2) is 23.1 Å². The van der Waals surface area contributed by atoms with Crippen LogP contribution in [0.5, 0.6) is 0 Å². The van der Waals surface area contributed by atoms with Gasteiger partial charge in [-0.25, -0.2) is 8.42 Å². The second-order valence-electron chi connectivity index (χ2n) is 5.90. The normalized spacial score (nSPS) is 19.5. The van der Waals surface area contributed by atoms with Crippen LogP contribution < -0.4 is 5.32 Å². The van der Waals surface area contributed by atoms with E-state index in [0.29, 0.717) is 6.04 Å². The first-order valence-electron chi connectivity index (χ1n) is 7.18. The van der Waals surface area contributed by atoms with Gasteiger partial charge in [0.15, 0.2) is 9.84 Å². The van der Waals surface area contributed by atoms with Crippen LogP contribution in [0.2, 0.25) is 0 Å². The van der Waals surface area contributed by atoms with Crippen LogP contribution in [0, 0.1) is 10.1 Å². The van der Waals surface area contributed by atoms with Crippen molar-refractivity contribution in [1.82, 2.24) is 4.90 Å². The highest BCUT2D eigenvalue weighted by Gasteiger charge is 2.29. The van der Waals surface area contributed by atoms with Crippen LogP contribution in [0.1, 0.15) is 20.3 Å². The molecule has 1 saturated heterocycles. The zero-order chi connectivity index (χ0) is 16.5. The number of sulfone groups is 1. The first kappa shape index (κ1) is 16.7. The Morgan fingerprint density at radius 2 is 2.09 bits per heavy atom. The molecule has 22 heavy (non-hydrogen) atoms. The fraction of sp³-hybridized carbons (Fsp3) is 0.571. The molecule has 1 atom stereocenters. The summed E-state index contributed by atoms with van der Waals surface area (Å²) in [4.78, 5) is 12.7. The number of likely N-dealkylation sites (tertiary alicyclic amines) is 1. The van der Waals surface area contributed by atoms with E-state index in [1.807, 2.05) is 0 Å². The molecule has 0 saturated carbocycles. The number of para-hydroxylation sites is 1. The van der Waals surface area contributed by atoms with Gasteiger partial charge in [-0.15, -0.1) is 0 Å². The number of nitro groups is 1. The zero-order valence-corrected chi connectivity index (χ0v) is 13.8. The Kier molecular flexibility index (Phi) is 4.72. The largest absolute Gasteiger partial charge is 0.375 e. The number of nitro benzene ring substituents is 1. The maximum atomic E-state index is 11.7. The molecule has 0 aliphatic carbocycles. The number of nitrogens with one attached hydrogen (secondary N) is 1. The summed E-state index contributed by atoms with van der Waals surface area (Å²) in [7, 11) is -3.65. The SMILES string of the molecule is CC(C)N1CCC(Nc2cccc(S(C)(=O)=O)c2[N+](=O)[O-])C1. The topological polar surface area (TPSA) is 92.6 Å². The Labute approximate surface area is 130 Å². The minimum absolute atomic E-state index is 0.0795. The molecule has 122 valence electrons. The molecule has 0 aromatic heterocycles. The molecule has 1 aliphatic heterocycles. The van der Waals surface area contributed by atoms with Crippen molar-refractivity contribution < 1.29 is 13.3 Å². The fourth-order valence-corrected chi connectivity index (χ4v) is 3.58. The van der Waals surface area contributed by atoms with Crippen LogP contribution in [0.25, 0.3) is 0 Å². The predicted molar refractivity (Wildman–Crippen MR) is 84.9 cm³/mol. The Balaban J connectivity index is 2.31. The van der Waals surface area contributed by atoms with E-state index in [2.05, 4.69) is 24.1 Å². The van der Waals surface area contributed by atoms with E-state index in [1.165, 1.54) is 12.1 Å². The van der Waals surface area contributed by atoms with Crippen LogP contribution in [-0.2, 0) is 9.84 Å². The molecule has 1 aliphatic rings. The molecule has 0 bridgehead atoms. The van der Waals surface area contributed by atoms with Crippen LogP contribution in [0.4, 0.5) is 11.4 Å². The van der Waals surface area contributed by atoms with E-state index in [0.717, 1.165) is 25.8 Å². The Morgan fingerprint density at radius 3 is 2.59 bits per heavy atom. The second-order valence-corrected chi connectivity index (χ2v) is 7.88. The van der Waals surface area contributed by atoms with Gasteiger partial charge in [0.25, 0.3) is 0 Å². The summed E-state index contributed by atoms with van der Waals surface area (Å²) in [5.74, 6) is 0. The van der Waals surface area contributed by atoms with Gasteiger partial charge >= 0.3 is 5.69 Å². The lowest BCUT2D eigenvalue weighted by Gasteiger charge is -2.21. The van der Waals surface area contributed by atoms with Gasteiger partial charge < -0.3 is 5.32 Å². The number of hydrogen-bond acceptors (Lipinski definition) is 6. The van der Waals surface area contributed by atoms with Crippen molar-refractivity contribution in [3.05, 3.63) is 28.3 Å². The maximum absolute atomic E-state index is 11.7. The fourth-order valence-electron chi connectivity index (χ4n) is 2.72. The van der Waals surface area contributed by atoms with Crippen LogP contribution in [0.3, 0.4) is 0 Å². The molecule has 1 unspecified atom stereocenters. The average Bonchev–Trinajstić information content (AvgIpc) is 2.86. The molecular weight excluding hydrogens is 306 g/mol. The molecular formula is C14H21N3O4S. The Hall–Kier alpha value is -1.67. The second kappa shape index (κ2) is 6.21. The summed E-state index contributed by atoms with van der Waals surface area (Å²) in [6, 6.07) is 4.86. The van der Waals surface area contributed by atoms with Gasteiger partial charge in [-0.3, -0.25) is 15.0 Å². The van der Waals surface area contributed by atoms with Crippen LogP contribution in [-0.4, -0.2) is 49.7 Å². The van der Waals surface area contributed by atoms with Crippen LogP contribution >= 0.6 is 0 Å². The molecule has 1 aromatic carbocycles.